The van der Waals surface area contributed by atoms with Gasteiger partial charge in [0.2, 0.25) is 0 Å². The minimum absolute atomic E-state index is 0.931. The molecule has 0 aliphatic rings. The predicted molar refractivity (Wildman–Crippen MR) is 155 cm³/mol. The summed E-state index contributed by atoms with van der Waals surface area (Å²) in [5.74, 6) is 0. The average Bonchev–Trinajstić information content (AvgIpc) is 3.56. The largest absolute Gasteiger partial charge is 0.455 e. The van der Waals surface area contributed by atoms with Gasteiger partial charge in [-0.05, 0) is 56.3 Å². The molecule has 0 N–H and O–H groups in total. The summed E-state index contributed by atoms with van der Waals surface area (Å²) in [7, 11) is 0. The van der Waals surface area contributed by atoms with Crippen molar-refractivity contribution >= 4 is 64.9 Å². The minimum Gasteiger partial charge on any atom is -0.455 e. The van der Waals surface area contributed by atoms with Crippen molar-refractivity contribution < 1.29 is 4.42 Å². The van der Waals surface area contributed by atoms with Gasteiger partial charge in [-0.1, -0.05) is 97.1 Å². The minimum atomic E-state index is 0.931. The van der Waals surface area contributed by atoms with Gasteiger partial charge in [0.15, 0.2) is 0 Å². The van der Waals surface area contributed by atoms with Crippen LogP contribution in [0.25, 0.3) is 75.8 Å². The van der Waals surface area contributed by atoms with Crippen LogP contribution >= 0.6 is 11.3 Å². The molecule has 1 nitrogen and oxygen atoms in total. The zero-order valence-corrected chi connectivity index (χ0v) is 20.2. The van der Waals surface area contributed by atoms with Gasteiger partial charge in [-0.2, -0.15) is 0 Å². The molecule has 8 aromatic rings. The first-order chi connectivity index (χ1) is 17.9. The van der Waals surface area contributed by atoms with Gasteiger partial charge >= 0.3 is 0 Å². The first-order valence-electron chi connectivity index (χ1n) is 12.2. The van der Waals surface area contributed by atoms with Crippen molar-refractivity contribution in [1.29, 1.82) is 0 Å². The van der Waals surface area contributed by atoms with Crippen LogP contribution in [0, 0.1) is 0 Å². The van der Waals surface area contributed by atoms with Crippen molar-refractivity contribution in [2.75, 3.05) is 0 Å². The molecule has 0 saturated carbocycles. The van der Waals surface area contributed by atoms with E-state index in [1.54, 1.807) is 11.3 Å². The highest BCUT2D eigenvalue weighted by Crippen LogP contribution is 2.49. The maximum Gasteiger partial charge on any atom is 0.143 e. The van der Waals surface area contributed by atoms with Gasteiger partial charge in [-0.15, -0.1) is 11.3 Å². The number of fused-ring (bicyclic) bond motifs is 6. The smallest absolute Gasteiger partial charge is 0.143 e. The molecule has 0 aliphatic carbocycles. The molecule has 0 amide bonds. The lowest BCUT2D eigenvalue weighted by atomic mass is 9.85. The van der Waals surface area contributed by atoms with Crippen molar-refractivity contribution in [3.63, 3.8) is 0 Å². The Labute approximate surface area is 211 Å². The number of thiophene rings is 1. The van der Waals surface area contributed by atoms with Crippen LogP contribution < -0.4 is 0 Å². The molecule has 168 valence electrons. The number of para-hydroxylation sites is 1. The number of rotatable bonds is 2. The lowest BCUT2D eigenvalue weighted by Gasteiger charge is -2.18. The summed E-state index contributed by atoms with van der Waals surface area (Å²) in [6, 6.07) is 41.3. The molecule has 6 aromatic carbocycles. The van der Waals surface area contributed by atoms with Crippen LogP contribution in [0.2, 0.25) is 0 Å². The molecule has 0 atom stereocenters. The topological polar surface area (TPSA) is 13.1 Å². The number of benzene rings is 6. The Balaban J connectivity index is 1.64. The first kappa shape index (κ1) is 19.9. The van der Waals surface area contributed by atoms with Crippen LogP contribution in [0.1, 0.15) is 0 Å². The molecular weight excluding hydrogens is 456 g/mol. The third-order valence-corrected chi connectivity index (χ3v) is 8.21. The fraction of sp³-hybridized carbons (Fsp3) is 0. The van der Waals surface area contributed by atoms with E-state index in [9.17, 15) is 0 Å². The van der Waals surface area contributed by atoms with Gasteiger partial charge < -0.3 is 4.42 Å². The van der Waals surface area contributed by atoms with Crippen molar-refractivity contribution in [3.05, 3.63) is 121 Å². The van der Waals surface area contributed by atoms with E-state index in [1.807, 2.05) is 6.07 Å². The van der Waals surface area contributed by atoms with E-state index >= 15 is 0 Å². The van der Waals surface area contributed by atoms with Crippen LogP contribution in [0.3, 0.4) is 0 Å². The highest BCUT2D eigenvalue weighted by Gasteiger charge is 2.22. The Kier molecular flexibility index (Phi) is 4.16. The van der Waals surface area contributed by atoms with E-state index in [2.05, 4.69) is 115 Å². The summed E-state index contributed by atoms with van der Waals surface area (Å²) in [5.41, 5.74) is 6.84. The van der Waals surface area contributed by atoms with E-state index in [0.29, 0.717) is 0 Å². The molecule has 2 aromatic heterocycles. The van der Waals surface area contributed by atoms with E-state index in [1.165, 1.54) is 64.7 Å². The molecule has 8 rings (SSSR count). The summed E-state index contributed by atoms with van der Waals surface area (Å²) in [6.45, 7) is 0. The molecule has 0 saturated heterocycles. The Morgan fingerprint density at radius 2 is 1.03 bits per heavy atom. The zero-order valence-electron chi connectivity index (χ0n) is 19.4. The van der Waals surface area contributed by atoms with E-state index in [4.69, 9.17) is 4.42 Å². The highest BCUT2D eigenvalue weighted by atomic mass is 32.1. The molecule has 2 heterocycles. The van der Waals surface area contributed by atoms with Gasteiger partial charge in [-0.3, -0.25) is 0 Å². The molecule has 0 bridgehead atoms. The SMILES string of the molecule is c1ccc(-c2c3ccccc3c(-c3c4ccsc4cc4c3oc3ccccc34)c3ccccc23)cc1. The predicted octanol–water partition coefficient (Wildman–Crippen LogP) is 10.4. The molecule has 0 fully saturated rings. The Bertz CT molecular complexity index is 2040. The van der Waals surface area contributed by atoms with Crippen LogP contribution in [0.5, 0.6) is 0 Å². The monoisotopic (exact) mass is 476 g/mol. The quantitative estimate of drug-likeness (QED) is 0.226. The lowest BCUT2D eigenvalue weighted by molar-refractivity contribution is 0.670. The summed E-state index contributed by atoms with van der Waals surface area (Å²) in [4.78, 5) is 0. The molecule has 0 spiro atoms. The van der Waals surface area contributed by atoms with Crippen molar-refractivity contribution in [2.24, 2.45) is 0 Å². The van der Waals surface area contributed by atoms with Crippen molar-refractivity contribution in [2.45, 2.75) is 0 Å². The third-order valence-electron chi connectivity index (χ3n) is 7.34. The van der Waals surface area contributed by atoms with Crippen LogP contribution in [0.4, 0.5) is 0 Å². The van der Waals surface area contributed by atoms with Crippen LogP contribution in [-0.4, -0.2) is 0 Å². The van der Waals surface area contributed by atoms with Gasteiger partial charge in [0.05, 0.1) is 0 Å². The lowest BCUT2D eigenvalue weighted by Crippen LogP contribution is -1.91. The first-order valence-corrected chi connectivity index (χ1v) is 13.1. The third kappa shape index (κ3) is 2.71. The Morgan fingerprint density at radius 1 is 0.444 bits per heavy atom. The molecule has 2 heteroatoms. The average molecular weight is 477 g/mol. The van der Waals surface area contributed by atoms with Gasteiger partial charge in [-0.25, -0.2) is 0 Å². The van der Waals surface area contributed by atoms with Gasteiger partial charge in [0.25, 0.3) is 0 Å². The Morgan fingerprint density at radius 3 is 1.72 bits per heavy atom. The fourth-order valence-corrected chi connectivity index (χ4v) is 6.68. The fourth-order valence-electron chi connectivity index (χ4n) is 5.85. The van der Waals surface area contributed by atoms with Crippen LogP contribution in [0.15, 0.2) is 125 Å². The number of hydrogen-bond acceptors (Lipinski definition) is 2. The van der Waals surface area contributed by atoms with Crippen molar-refractivity contribution in [1.82, 2.24) is 0 Å². The second-order valence-corrected chi connectivity index (χ2v) is 10.2. The molecule has 0 unspecified atom stereocenters. The molecular formula is C34H20OS. The van der Waals surface area contributed by atoms with Gasteiger partial charge in [0.1, 0.15) is 11.2 Å². The van der Waals surface area contributed by atoms with E-state index < -0.39 is 0 Å². The summed E-state index contributed by atoms with van der Waals surface area (Å²) in [6.07, 6.45) is 0. The summed E-state index contributed by atoms with van der Waals surface area (Å²) >= 11 is 1.79. The maximum atomic E-state index is 6.63. The summed E-state index contributed by atoms with van der Waals surface area (Å²) in [5, 5.41) is 10.8. The standard InChI is InChI=1S/C34H20OS/c1-2-10-21(11-3-1)31-23-13-4-6-15-25(23)32(26-16-7-5-14-24(26)31)33-27-18-19-36-30(27)20-28-22-12-8-9-17-29(22)35-34(28)33/h1-20H. The molecule has 36 heavy (non-hydrogen) atoms. The number of hydrogen-bond donors (Lipinski definition) is 0. The van der Waals surface area contributed by atoms with E-state index in [0.717, 1.165) is 11.2 Å². The highest BCUT2D eigenvalue weighted by molar-refractivity contribution is 7.17. The second kappa shape index (κ2) is 7.55. The maximum absolute atomic E-state index is 6.63. The molecule has 0 radical (unpaired) electrons. The van der Waals surface area contributed by atoms with E-state index in [-0.39, 0.29) is 0 Å². The number of furan rings is 1. The second-order valence-electron chi connectivity index (χ2n) is 9.27. The van der Waals surface area contributed by atoms with Gasteiger partial charge in [0, 0.05) is 32.0 Å². The Hall–Kier alpha value is -4.40. The zero-order chi connectivity index (χ0) is 23.6. The normalized spacial score (nSPS) is 11.9. The van der Waals surface area contributed by atoms with Crippen molar-refractivity contribution in [3.8, 4) is 22.3 Å². The summed E-state index contributed by atoms with van der Waals surface area (Å²) < 4.78 is 7.91. The van der Waals surface area contributed by atoms with Crippen LogP contribution in [-0.2, 0) is 0 Å². The molecule has 0 aliphatic heterocycles.